The third kappa shape index (κ3) is 2.27. The predicted octanol–water partition coefficient (Wildman–Crippen LogP) is 0.149. The highest BCUT2D eigenvalue weighted by molar-refractivity contribution is 7.89. The van der Waals surface area contributed by atoms with E-state index in [0.29, 0.717) is 17.6 Å². The van der Waals surface area contributed by atoms with Crippen molar-refractivity contribution in [2.75, 3.05) is 0 Å². The second-order valence-electron chi connectivity index (χ2n) is 4.08. The zero-order chi connectivity index (χ0) is 12.6. The fourth-order valence-electron chi connectivity index (χ4n) is 1.46. The monoisotopic (exact) mass is 269 g/mol. The fourth-order valence-corrected chi connectivity index (χ4v) is 2.35. The minimum absolute atomic E-state index is 0.00370. The lowest BCUT2D eigenvalue weighted by Crippen LogP contribution is -2.23. The molecule has 2 heterocycles. The van der Waals surface area contributed by atoms with Crippen molar-refractivity contribution in [3.8, 4) is 0 Å². The summed E-state index contributed by atoms with van der Waals surface area (Å²) in [5.74, 6) is 1.29. The van der Waals surface area contributed by atoms with Crippen LogP contribution < -0.4 is 4.72 Å². The van der Waals surface area contributed by atoms with Crippen LogP contribution in [0.15, 0.2) is 21.8 Å². The lowest BCUT2D eigenvalue weighted by molar-refractivity contribution is 0.373. The molecule has 8 nitrogen and oxygen atoms in total. The Balaban J connectivity index is 1.66. The molecule has 0 spiro atoms. The molecule has 0 aromatic carbocycles. The van der Waals surface area contributed by atoms with Crippen LogP contribution in [0.2, 0.25) is 0 Å². The molecule has 0 atom stereocenters. The summed E-state index contributed by atoms with van der Waals surface area (Å²) in [4.78, 5) is 4.21. The summed E-state index contributed by atoms with van der Waals surface area (Å²) in [6.07, 6.45) is 4.65. The third-order valence-electron chi connectivity index (χ3n) is 2.61. The quantitative estimate of drug-likeness (QED) is 0.798. The number of hydrogen-bond acceptors (Lipinski definition) is 6. The van der Waals surface area contributed by atoms with Gasteiger partial charge in [-0.3, -0.25) is 5.10 Å². The minimum Gasteiger partial charge on any atom is -0.339 e. The third-order valence-corrected chi connectivity index (χ3v) is 3.98. The molecule has 0 saturated heterocycles. The summed E-state index contributed by atoms with van der Waals surface area (Å²) >= 11 is 0. The Kier molecular flexibility index (Phi) is 2.63. The topological polar surface area (TPSA) is 114 Å². The van der Waals surface area contributed by atoms with Crippen LogP contribution in [-0.4, -0.2) is 28.8 Å². The molecule has 1 aliphatic rings. The van der Waals surface area contributed by atoms with E-state index in [9.17, 15) is 8.42 Å². The van der Waals surface area contributed by atoms with E-state index in [1.807, 2.05) is 0 Å². The largest absolute Gasteiger partial charge is 0.339 e. The van der Waals surface area contributed by atoms with Gasteiger partial charge in [-0.25, -0.2) is 13.1 Å². The fraction of sp³-hybridized carbons (Fsp3) is 0.444. The number of aromatic amines is 1. The summed E-state index contributed by atoms with van der Waals surface area (Å²) in [6.45, 7) is 0.00370. The van der Waals surface area contributed by atoms with Gasteiger partial charge in [0.15, 0.2) is 5.82 Å². The maximum absolute atomic E-state index is 11.8. The molecule has 1 saturated carbocycles. The molecule has 0 unspecified atom stereocenters. The van der Waals surface area contributed by atoms with Crippen molar-refractivity contribution in [3.63, 3.8) is 0 Å². The van der Waals surface area contributed by atoms with Crippen LogP contribution in [0, 0.1) is 0 Å². The highest BCUT2D eigenvalue weighted by Crippen LogP contribution is 2.38. The van der Waals surface area contributed by atoms with E-state index in [1.54, 1.807) is 0 Å². The van der Waals surface area contributed by atoms with E-state index in [0.717, 1.165) is 12.8 Å². The molecule has 96 valence electrons. The Labute approximate surface area is 103 Å². The zero-order valence-corrected chi connectivity index (χ0v) is 10.1. The van der Waals surface area contributed by atoms with Crippen molar-refractivity contribution in [2.45, 2.75) is 30.2 Å². The lowest BCUT2D eigenvalue weighted by atomic mass is 10.4. The van der Waals surface area contributed by atoms with Crippen molar-refractivity contribution in [3.05, 3.63) is 24.1 Å². The number of H-pyrrole nitrogens is 1. The first-order chi connectivity index (χ1) is 8.65. The minimum atomic E-state index is -3.58. The number of aromatic nitrogens is 4. The standard InChI is InChI=1S/C9H11N5O3S/c15-18(16,7-3-10-11-4-7)12-5-8-13-9(17-14-8)6-1-2-6/h3-4,6,12H,1-2,5H2,(H,10,11). The molecule has 0 aliphatic heterocycles. The van der Waals surface area contributed by atoms with Gasteiger partial charge in [0.1, 0.15) is 4.90 Å². The molecule has 3 rings (SSSR count). The Bertz CT molecular complexity index is 629. The Morgan fingerprint density at radius 1 is 1.50 bits per heavy atom. The molecule has 2 aromatic rings. The molecule has 0 bridgehead atoms. The first kappa shape index (κ1) is 11.4. The van der Waals surface area contributed by atoms with Gasteiger partial charge in [0, 0.05) is 12.1 Å². The Morgan fingerprint density at radius 2 is 2.33 bits per heavy atom. The Morgan fingerprint density at radius 3 is 3.00 bits per heavy atom. The van der Waals surface area contributed by atoms with Crippen molar-refractivity contribution >= 4 is 10.0 Å². The SMILES string of the molecule is O=S(=O)(NCc1noc(C2CC2)n1)c1cn[nH]c1. The van der Waals surface area contributed by atoms with Gasteiger partial charge in [-0.2, -0.15) is 10.1 Å². The van der Waals surface area contributed by atoms with Crippen LogP contribution in [0.4, 0.5) is 0 Å². The van der Waals surface area contributed by atoms with Crippen LogP contribution in [0.5, 0.6) is 0 Å². The van der Waals surface area contributed by atoms with Gasteiger partial charge < -0.3 is 4.52 Å². The molecule has 0 radical (unpaired) electrons. The molecular weight excluding hydrogens is 258 g/mol. The first-order valence-corrected chi connectivity index (χ1v) is 6.94. The van der Waals surface area contributed by atoms with E-state index in [1.165, 1.54) is 12.4 Å². The van der Waals surface area contributed by atoms with Crippen LogP contribution in [0.1, 0.15) is 30.5 Å². The lowest BCUT2D eigenvalue weighted by Gasteiger charge is -2.00. The van der Waals surface area contributed by atoms with Gasteiger partial charge in [0.25, 0.3) is 0 Å². The summed E-state index contributed by atoms with van der Waals surface area (Å²) in [5, 5.41) is 9.75. The molecule has 1 aliphatic carbocycles. The van der Waals surface area contributed by atoms with Crippen molar-refractivity contribution in [1.29, 1.82) is 0 Å². The smallest absolute Gasteiger partial charge is 0.244 e. The molecular formula is C9H11N5O3S. The van der Waals surface area contributed by atoms with Gasteiger partial charge in [0.05, 0.1) is 12.7 Å². The van der Waals surface area contributed by atoms with Gasteiger partial charge in [-0.15, -0.1) is 0 Å². The van der Waals surface area contributed by atoms with E-state index in [-0.39, 0.29) is 11.4 Å². The van der Waals surface area contributed by atoms with Gasteiger partial charge in [0.2, 0.25) is 15.9 Å². The van der Waals surface area contributed by atoms with Crippen molar-refractivity contribution in [1.82, 2.24) is 25.1 Å². The highest BCUT2D eigenvalue weighted by Gasteiger charge is 2.29. The number of nitrogens with zero attached hydrogens (tertiary/aromatic N) is 3. The maximum atomic E-state index is 11.8. The number of hydrogen-bond donors (Lipinski definition) is 2. The van der Waals surface area contributed by atoms with E-state index >= 15 is 0 Å². The van der Waals surface area contributed by atoms with Crippen molar-refractivity contribution < 1.29 is 12.9 Å². The van der Waals surface area contributed by atoms with Gasteiger partial charge >= 0.3 is 0 Å². The van der Waals surface area contributed by atoms with Crippen LogP contribution in [0.25, 0.3) is 0 Å². The van der Waals surface area contributed by atoms with Crippen LogP contribution >= 0.6 is 0 Å². The number of rotatable bonds is 5. The number of nitrogens with one attached hydrogen (secondary N) is 2. The molecule has 0 amide bonds. The van der Waals surface area contributed by atoms with E-state index < -0.39 is 10.0 Å². The summed E-state index contributed by atoms with van der Waals surface area (Å²) < 4.78 is 30.9. The average Bonchev–Trinajstić information content (AvgIpc) is 2.88. The first-order valence-electron chi connectivity index (χ1n) is 5.46. The number of sulfonamides is 1. The normalized spacial score (nSPS) is 16.0. The average molecular weight is 269 g/mol. The van der Waals surface area contributed by atoms with Crippen molar-refractivity contribution in [2.24, 2.45) is 0 Å². The maximum Gasteiger partial charge on any atom is 0.244 e. The van der Waals surface area contributed by atoms with Crippen LogP contribution in [0.3, 0.4) is 0 Å². The Hall–Kier alpha value is -1.74. The van der Waals surface area contributed by atoms with E-state index in [2.05, 4.69) is 25.1 Å². The summed E-state index contributed by atoms with van der Waals surface area (Å²) in [6, 6.07) is 0. The second kappa shape index (κ2) is 4.18. The zero-order valence-electron chi connectivity index (χ0n) is 9.33. The highest BCUT2D eigenvalue weighted by atomic mass is 32.2. The summed E-state index contributed by atoms with van der Waals surface area (Å²) in [7, 11) is -3.58. The van der Waals surface area contributed by atoms with Gasteiger partial charge in [-0.05, 0) is 12.8 Å². The van der Waals surface area contributed by atoms with Crippen LogP contribution in [-0.2, 0) is 16.6 Å². The molecule has 2 aromatic heterocycles. The predicted molar refractivity (Wildman–Crippen MR) is 58.9 cm³/mol. The van der Waals surface area contributed by atoms with E-state index in [4.69, 9.17) is 4.52 Å². The molecule has 2 N–H and O–H groups in total. The van der Waals surface area contributed by atoms with Gasteiger partial charge in [-0.1, -0.05) is 5.16 Å². The molecule has 18 heavy (non-hydrogen) atoms. The molecule has 9 heteroatoms. The summed E-state index contributed by atoms with van der Waals surface area (Å²) in [5.41, 5.74) is 0. The molecule has 1 fully saturated rings. The second-order valence-corrected chi connectivity index (χ2v) is 5.85.